The van der Waals surface area contributed by atoms with Crippen LogP contribution in [0.5, 0.6) is 0 Å². The predicted molar refractivity (Wildman–Crippen MR) is 73.8 cm³/mol. The van der Waals surface area contributed by atoms with Gasteiger partial charge in [0.15, 0.2) is 0 Å². The van der Waals surface area contributed by atoms with E-state index in [4.69, 9.17) is 11.6 Å². The highest BCUT2D eigenvalue weighted by Gasteiger charge is 2.06. The molecule has 2 heterocycles. The van der Waals surface area contributed by atoms with Gasteiger partial charge < -0.3 is 5.32 Å². The zero-order chi connectivity index (χ0) is 12.3. The van der Waals surface area contributed by atoms with Gasteiger partial charge in [-0.2, -0.15) is 0 Å². The van der Waals surface area contributed by atoms with Gasteiger partial charge in [-0.15, -0.1) is 11.3 Å². The lowest BCUT2D eigenvalue weighted by atomic mass is 10.3. The lowest BCUT2D eigenvalue weighted by Crippen LogP contribution is -2.07. The average Bonchev–Trinajstić information content (AvgIpc) is 2.70. The van der Waals surface area contributed by atoms with Crippen LogP contribution >= 0.6 is 38.9 Å². The molecule has 4 nitrogen and oxygen atoms in total. The van der Waals surface area contributed by atoms with E-state index < -0.39 is 0 Å². The van der Waals surface area contributed by atoms with E-state index in [0.29, 0.717) is 15.4 Å². The molecule has 0 atom stereocenters. The number of nitrogens with zero attached hydrogens (tertiary/aromatic N) is 3. The summed E-state index contributed by atoms with van der Waals surface area (Å²) in [6.07, 6.45) is 2.29. The van der Waals surface area contributed by atoms with Gasteiger partial charge in [0.25, 0.3) is 0 Å². The Morgan fingerprint density at radius 1 is 1.47 bits per heavy atom. The maximum atomic E-state index is 5.86. The van der Waals surface area contributed by atoms with Crippen LogP contribution in [0.3, 0.4) is 0 Å². The van der Waals surface area contributed by atoms with Crippen molar-refractivity contribution in [3.63, 3.8) is 0 Å². The molecule has 0 aromatic carbocycles. The minimum absolute atomic E-state index is 0.409. The summed E-state index contributed by atoms with van der Waals surface area (Å²) in [7, 11) is 0. The minimum atomic E-state index is 0.409. The van der Waals surface area contributed by atoms with Crippen LogP contribution in [-0.2, 0) is 6.42 Å². The molecule has 0 amide bonds. The summed E-state index contributed by atoms with van der Waals surface area (Å²) in [6.45, 7) is 2.76. The van der Waals surface area contributed by atoms with Crippen LogP contribution in [0.1, 0.15) is 10.7 Å². The first-order valence-electron chi connectivity index (χ1n) is 4.97. The van der Waals surface area contributed by atoms with Crippen LogP contribution in [0.25, 0.3) is 0 Å². The van der Waals surface area contributed by atoms with E-state index in [9.17, 15) is 0 Å². The van der Waals surface area contributed by atoms with Crippen LogP contribution in [-0.4, -0.2) is 21.5 Å². The molecule has 0 aliphatic carbocycles. The van der Waals surface area contributed by atoms with Gasteiger partial charge in [0.2, 0.25) is 0 Å². The monoisotopic (exact) mass is 332 g/mol. The Morgan fingerprint density at radius 3 is 3.00 bits per heavy atom. The highest BCUT2D eigenvalue weighted by Crippen LogP contribution is 2.25. The number of halogens is 2. The Kier molecular flexibility index (Phi) is 4.31. The second-order valence-corrected chi connectivity index (χ2v) is 5.57. The van der Waals surface area contributed by atoms with Gasteiger partial charge in [-0.25, -0.2) is 15.0 Å². The van der Waals surface area contributed by atoms with Crippen LogP contribution in [0.2, 0.25) is 5.15 Å². The Labute approximate surface area is 117 Å². The normalized spacial score (nSPS) is 10.5. The van der Waals surface area contributed by atoms with Crippen LogP contribution < -0.4 is 5.32 Å². The van der Waals surface area contributed by atoms with Crippen LogP contribution in [0, 0.1) is 6.92 Å². The Balaban J connectivity index is 1.92. The van der Waals surface area contributed by atoms with Crippen molar-refractivity contribution in [2.24, 2.45) is 0 Å². The van der Waals surface area contributed by atoms with Crippen molar-refractivity contribution in [2.45, 2.75) is 13.3 Å². The molecule has 0 aliphatic heterocycles. The highest BCUT2D eigenvalue weighted by molar-refractivity contribution is 9.10. The summed E-state index contributed by atoms with van der Waals surface area (Å²) >= 11 is 10.9. The van der Waals surface area contributed by atoms with Gasteiger partial charge in [-0.05, 0) is 22.9 Å². The van der Waals surface area contributed by atoms with Gasteiger partial charge in [-0.3, -0.25) is 0 Å². The smallest absolute Gasteiger partial charge is 0.148 e. The largest absolute Gasteiger partial charge is 0.369 e. The molecule has 0 fully saturated rings. The second kappa shape index (κ2) is 5.75. The molecule has 0 aliphatic rings. The first-order valence-corrected chi connectivity index (χ1v) is 7.03. The molecule has 0 saturated carbocycles. The second-order valence-electron chi connectivity index (χ2n) is 3.36. The molecule has 1 N–H and O–H groups in total. The Morgan fingerprint density at radius 2 is 2.29 bits per heavy atom. The van der Waals surface area contributed by atoms with Crippen molar-refractivity contribution in [3.05, 3.63) is 32.0 Å². The van der Waals surface area contributed by atoms with Crippen molar-refractivity contribution in [1.29, 1.82) is 0 Å². The SMILES string of the molecule is Cc1nc(CCNc2ncnc(Cl)c2Br)cs1. The molecule has 17 heavy (non-hydrogen) atoms. The maximum Gasteiger partial charge on any atom is 0.148 e. The van der Waals surface area contributed by atoms with E-state index in [-0.39, 0.29) is 0 Å². The molecular weight excluding hydrogens is 324 g/mol. The lowest BCUT2D eigenvalue weighted by molar-refractivity contribution is 0.955. The van der Waals surface area contributed by atoms with Gasteiger partial charge in [0.1, 0.15) is 17.3 Å². The molecular formula is C10H10BrClN4S. The summed E-state index contributed by atoms with van der Waals surface area (Å²) in [5, 5.41) is 6.76. The molecule has 7 heteroatoms. The van der Waals surface area contributed by atoms with Crippen LogP contribution in [0.15, 0.2) is 16.2 Å². The zero-order valence-electron chi connectivity index (χ0n) is 9.07. The number of hydrogen-bond acceptors (Lipinski definition) is 5. The van der Waals surface area contributed by atoms with Crippen molar-refractivity contribution < 1.29 is 0 Å². The number of thiazole rings is 1. The van der Waals surface area contributed by atoms with Crippen molar-refractivity contribution in [2.75, 3.05) is 11.9 Å². The van der Waals surface area contributed by atoms with Crippen molar-refractivity contribution >= 4 is 44.7 Å². The molecule has 2 aromatic rings. The zero-order valence-corrected chi connectivity index (χ0v) is 12.2. The van der Waals surface area contributed by atoms with E-state index in [1.807, 2.05) is 6.92 Å². The fraction of sp³-hybridized carbons (Fsp3) is 0.300. The topological polar surface area (TPSA) is 50.7 Å². The van der Waals surface area contributed by atoms with E-state index in [0.717, 1.165) is 23.7 Å². The maximum absolute atomic E-state index is 5.86. The summed E-state index contributed by atoms with van der Waals surface area (Å²) in [5.74, 6) is 0.706. The third-order valence-corrected chi connectivity index (χ3v) is 4.18. The molecule has 0 saturated heterocycles. The van der Waals surface area contributed by atoms with Crippen molar-refractivity contribution in [3.8, 4) is 0 Å². The molecule has 0 spiro atoms. The highest BCUT2D eigenvalue weighted by atomic mass is 79.9. The van der Waals surface area contributed by atoms with Gasteiger partial charge in [-0.1, -0.05) is 11.6 Å². The molecule has 0 unspecified atom stereocenters. The molecule has 90 valence electrons. The van der Waals surface area contributed by atoms with E-state index in [1.54, 1.807) is 11.3 Å². The first-order chi connectivity index (χ1) is 8.16. The Bertz CT molecular complexity index is 517. The van der Waals surface area contributed by atoms with Gasteiger partial charge >= 0.3 is 0 Å². The number of anilines is 1. The summed E-state index contributed by atoms with van der Waals surface area (Å²) in [4.78, 5) is 12.4. The third kappa shape index (κ3) is 3.37. The lowest BCUT2D eigenvalue weighted by Gasteiger charge is -2.06. The summed E-state index contributed by atoms with van der Waals surface area (Å²) in [6, 6.07) is 0. The number of aryl methyl sites for hydroxylation is 1. The first kappa shape index (κ1) is 12.7. The standard InChI is InChI=1S/C10H10BrClN4S/c1-6-16-7(4-17-6)2-3-13-10-8(11)9(12)14-5-15-10/h4-5H,2-3H2,1H3,(H,13,14,15). The van der Waals surface area contributed by atoms with E-state index >= 15 is 0 Å². The minimum Gasteiger partial charge on any atom is -0.369 e. The molecule has 2 rings (SSSR count). The fourth-order valence-corrected chi connectivity index (χ4v) is 2.43. The number of rotatable bonds is 4. The molecule has 0 radical (unpaired) electrons. The number of hydrogen-bond donors (Lipinski definition) is 1. The quantitative estimate of drug-likeness (QED) is 0.872. The predicted octanol–water partition coefficient (Wildman–Crippen LogP) is 3.31. The van der Waals surface area contributed by atoms with E-state index in [2.05, 4.69) is 41.6 Å². The van der Waals surface area contributed by atoms with Gasteiger partial charge in [0, 0.05) is 18.3 Å². The number of aromatic nitrogens is 3. The fourth-order valence-electron chi connectivity index (χ4n) is 1.30. The average molecular weight is 334 g/mol. The number of nitrogens with one attached hydrogen (secondary N) is 1. The molecule has 2 aromatic heterocycles. The van der Waals surface area contributed by atoms with Gasteiger partial charge in [0.05, 0.1) is 15.2 Å². The van der Waals surface area contributed by atoms with Crippen molar-refractivity contribution in [1.82, 2.24) is 15.0 Å². The Hall–Kier alpha value is -0.720. The summed E-state index contributed by atoms with van der Waals surface area (Å²) in [5.41, 5.74) is 1.09. The van der Waals surface area contributed by atoms with Crippen LogP contribution in [0.4, 0.5) is 5.82 Å². The summed E-state index contributed by atoms with van der Waals surface area (Å²) < 4.78 is 0.691. The van der Waals surface area contributed by atoms with E-state index in [1.165, 1.54) is 6.33 Å². The third-order valence-electron chi connectivity index (χ3n) is 2.09. The molecule has 0 bridgehead atoms.